The Balaban J connectivity index is 0.882. The Kier molecular flexibility index (Phi) is 10.6. The zero-order valence-corrected chi connectivity index (χ0v) is 50.8. The van der Waals surface area contributed by atoms with Crippen molar-refractivity contribution in [1.82, 2.24) is 0 Å². The lowest BCUT2D eigenvalue weighted by Gasteiger charge is -2.40. The highest BCUT2D eigenvalue weighted by Gasteiger charge is 2.53. The average Bonchev–Trinajstić information content (AvgIpc) is 1.67. The van der Waals surface area contributed by atoms with Crippen molar-refractivity contribution in [2.24, 2.45) is 23.7 Å². The number of furan rings is 1. The third-order valence-corrected chi connectivity index (χ3v) is 22.5. The van der Waals surface area contributed by atoms with Crippen LogP contribution < -0.4 is 4.90 Å². The fraction of sp³-hybridized carbons (Fsp3) is 0.250. The summed E-state index contributed by atoms with van der Waals surface area (Å²) in [5.41, 5.74) is 29.3. The zero-order valence-electron chi connectivity index (χ0n) is 50.0. The van der Waals surface area contributed by atoms with Crippen LogP contribution in [0.15, 0.2) is 192 Å². The molecule has 2 heterocycles. The second kappa shape index (κ2) is 17.3. The fourth-order valence-electron chi connectivity index (χ4n) is 17.9. The highest BCUT2D eigenvalue weighted by atomic mass is 32.1. The van der Waals surface area contributed by atoms with Gasteiger partial charge in [0.15, 0.2) is 0 Å². The van der Waals surface area contributed by atoms with Gasteiger partial charge in [-0.05, 0) is 197 Å². The van der Waals surface area contributed by atoms with Gasteiger partial charge in [-0.15, -0.1) is 11.3 Å². The lowest BCUT2D eigenvalue weighted by Crippen LogP contribution is -2.37. The van der Waals surface area contributed by atoms with Gasteiger partial charge in [0.25, 0.3) is 0 Å². The molecule has 12 aromatic rings. The molecular formula is C80H71NOS. The molecule has 408 valence electrons. The fourth-order valence-corrected chi connectivity index (χ4v) is 19.0. The van der Waals surface area contributed by atoms with E-state index in [-0.39, 0.29) is 21.7 Å². The number of nitrogens with zero attached hydrogens (tertiary/aromatic N) is 1. The summed E-state index contributed by atoms with van der Waals surface area (Å²) < 4.78 is 9.37. The minimum Gasteiger partial charge on any atom is -0.456 e. The maximum absolute atomic E-state index is 6.63. The first-order valence-electron chi connectivity index (χ1n) is 30.5. The van der Waals surface area contributed by atoms with Crippen molar-refractivity contribution in [3.8, 4) is 55.6 Å². The van der Waals surface area contributed by atoms with Crippen LogP contribution in [0.1, 0.15) is 128 Å². The second-order valence-corrected chi connectivity index (χ2v) is 28.2. The number of fused-ring (bicyclic) bond motifs is 20. The van der Waals surface area contributed by atoms with Gasteiger partial charge in [-0.1, -0.05) is 192 Å². The Labute approximate surface area is 493 Å². The second-order valence-electron chi connectivity index (χ2n) is 27.1. The monoisotopic (exact) mass is 1090 g/mol. The summed E-state index contributed by atoms with van der Waals surface area (Å²) in [5.74, 6) is 1.50. The molecule has 3 heteroatoms. The van der Waals surface area contributed by atoms with Crippen LogP contribution in [0.5, 0.6) is 0 Å². The molecule has 0 unspecified atom stereocenters. The van der Waals surface area contributed by atoms with E-state index in [9.17, 15) is 0 Å². The Hall–Kier alpha value is -7.98. The standard InChI is InChI=1S/C80H71NOS/c1-44(2)79(45(3)4)60-34-36-70-75(54-25-17-20-28-69(54)82-70)73(60)58-42-64-56(40-66(58)79)52-32-30-49(38-62(52)77(64,9)10)81(68-27-19-16-24-51(68)48-22-14-13-15-23-48)50-31-33-53-57-41-67-59(43-65(57)78(11,12)63(53)39-50)74-61(80(67,46(5)6)47(7)8)35-37-72-76(74)55-26-18-21-29-71(55)83-72/h13-47H,1-12H3. The van der Waals surface area contributed by atoms with Crippen molar-refractivity contribution in [2.45, 2.75) is 105 Å². The van der Waals surface area contributed by atoms with Crippen LogP contribution in [0.2, 0.25) is 0 Å². The molecule has 0 spiro atoms. The Morgan fingerprint density at radius 1 is 0.349 bits per heavy atom. The van der Waals surface area contributed by atoms with Crippen molar-refractivity contribution in [3.05, 3.63) is 233 Å². The van der Waals surface area contributed by atoms with Crippen LogP contribution in [-0.2, 0) is 21.7 Å². The van der Waals surface area contributed by atoms with Crippen molar-refractivity contribution >= 4 is 70.5 Å². The molecule has 83 heavy (non-hydrogen) atoms. The first-order valence-corrected chi connectivity index (χ1v) is 31.3. The molecule has 2 nitrogen and oxygen atoms in total. The predicted octanol–water partition coefficient (Wildman–Crippen LogP) is 22.9. The van der Waals surface area contributed by atoms with E-state index in [1.54, 1.807) is 0 Å². The number of hydrogen-bond donors (Lipinski definition) is 0. The van der Waals surface area contributed by atoms with Gasteiger partial charge in [0.2, 0.25) is 0 Å². The molecule has 0 radical (unpaired) electrons. The van der Waals surface area contributed by atoms with Crippen LogP contribution in [0.4, 0.5) is 17.1 Å². The first kappa shape index (κ1) is 50.7. The SMILES string of the molecule is CC(C)C1(C(C)C)c2cc3c(cc2-c2c1ccc1oc4ccccc4c21)C(C)(C)c1cc(N(c2ccc4c(c2)C(C)(C)c2cc5c(cc2-4)C(C(C)C)(C(C)C)c2ccc4sc6ccccc6c4c2-5)c2ccccc2-c2ccccc2)ccc1-3. The van der Waals surface area contributed by atoms with Gasteiger partial charge in [-0.25, -0.2) is 0 Å². The van der Waals surface area contributed by atoms with Crippen LogP contribution in [-0.4, -0.2) is 0 Å². The van der Waals surface area contributed by atoms with Gasteiger partial charge in [0, 0.05) is 69.5 Å². The van der Waals surface area contributed by atoms with E-state index in [1.165, 1.54) is 131 Å². The summed E-state index contributed by atoms with van der Waals surface area (Å²) in [5, 5.41) is 5.24. The summed E-state index contributed by atoms with van der Waals surface area (Å²) >= 11 is 1.93. The smallest absolute Gasteiger partial charge is 0.136 e. The Morgan fingerprint density at radius 3 is 1.42 bits per heavy atom. The molecule has 2 aromatic heterocycles. The number of para-hydroxylation sites is 2. The first-order chi connectivity index (χ1) is 40.0. The number of thiophene rings is 1. The highest BCUT2D eigenvalue weighted by Crippen LogP contribution is 2.65. The summed E-state index contributed by atoms with van der Waals surface area (Å²) in [6.45, 7) is 29.5. The van der Waals surface area contributed by atoms with Crippen molar-refractivity contribution < 1.29 is 4.42 Å². The van der Waals surface area contributed by atoms with Crippen LogP contribution >= 0.6 is 11.3 Å². The molecule has 0 bridgehead atoms. The molecule has 16 rings (SSSR count). The van der Waals surface area contributed by atoms with Gasteiger partial charge in [-0.2, -0.15) is 0 Å². The summed E-state index contributed by atoms with van der Waals surface area (Å²) in [6, 6.07) is 72.6. The summed E-state index contributed by atoms with van der Waals surface area (Å²) in [7, 11) is 0. The van der Waals surface area contributed by atoms with Crippen LogP contribution in [0.25, 0.3) is 97.7 Å². The molecule has 0 saturated carbocycles. The predicted molar refractivity (Wildman–Crippen MR) is 354 cm³/mol. The number of hydrogen-bond acceptors (Lipinski definition) is 3. The quantitative estimate of drug-likeness (QED) is 0.151. The molecule has 4 aliphatic rings. The highest BCUT2D eigenvalue weighted by molar-refractivity contribution is 7.26. The molecule has 0 aliphatic heterocycles. The molecule has 10 aromatic carbocycles. The van der Waals surface area contributed by atoms with Crippen LogP contribution in [0.3, 0.4) is 0 Å². The normalized spacial score (nSPS) is 16.0. The average molecular weight is 1090 g/mol. The number of rotatable bonds is 8. The van der Waals surface area contributed by atoms with Gasteiger partial charge in [0.1, 0.15) is 11.2 Å². The van der Waals surface area contributed by atoms with E-state index in [0.717, 1.165) is 28.2 Å². The maximum Gasteiger partial charge on any atom is 0.136 e. The number of anilines is 3. The topological polar surface area (TPSA) is 16.4 Å². The Morgan fingerprint density at radius 2 is 0.831 bits per heavy atom. The van der Waals surface area contributed by atoms with Gasteiger partial charge in [-0.3, -0.25) is 0 Å². The van der Waals surface area contributed by atoms with E-state index in [1.807, 2.05) is 11.3 Å². The lowest BCUT2D eigenvalue weighted by atomic mass is 9.62. The van der Waals surface area contributed by atoms with Gasteiger partial charge in [0.05, 0.1) is 5.69 Å². The molecular weight excluding hydrogens is 1020 g/mol. The van der Waals surface area contributed by atoms with Crippen molar-refractivity contribution in [2.75, 3.05) is 4.90 Å². The van der Waals surface area contributed by atoms with Gasteiger partial charge >= 0.3 is 0 Å². The number of benzene rings is 10. The van der Waals surface area contributed by atoms with E-state index in [0.29, 0.717) is 23.7 Å². The summed E-state index contributed by atoms with van der Waals surface area (Å²) in [6.07, 6.45) is 0. The molecule has 0 saturated heterocycles. The minimum atomic E-state index is -0.295. The third kappa shape index (κ3) is 6.40. The summed E-state index contributed by atoms with van der Waals surface area (Å²) in [4.78, 5) is 2.57. The Bertz CT molecular complexity index is 4490. The largest absolute Gasteiger partial charge is 0.456 e. The third-order valence-electron chi connectivity index (χ3n) is 21.4. The molecule has 4 aliphatic carbocycles. The van der Waals surface area contributed by atoms with E-state index in [2.05, 4.69) is 276 Å². The van der Waals surface area contributed by atoms with E-state index >= 15 is 0 Å². The zero-order chi connectivity index (χ0) is 57.0. The van der Waals surface area contributed by atoms with E-state index < -0.39 is 0 Å². The lowest BCUT2D eigenvalue weighted by molar-refractivity contribution is 0.280. The molecule has 0 fully saturated rings. The van der Waals surface area contributed by atoms with Crippen molar-refractivity contribution in [1.29, 1.82) is 0 Å². The van der Waals surface area contributed by atoms with Gasteiger partial charge < -0.3 is 9.32 Å². The molecule has 0 amide bonds. The maximum atomic E-state index is 6.63. The van der Waals surface area contributed by atoms with E-state index in [4.69, 9.17) is 4.42 Å². The molecule has 0 atom stereocenters. The van der Waals surface area contributed by atoms with Crippen LogP contribution in [0, 0.1) is 23.7 Å². The van der Waals surface area contributed by atoms with Crippen molar-refractivity contribution in [3.63, 3.8) is 0 Å². The molecule has 0 N–H and O–H groups in total. The minimum absolute atomic E-state index is 0.138.